The van der Waals surface area contributed by atoms with E-state index in [2.05, 4.69) is 10.3 Å². The lowest BCUT2D eigenvalue weighted by Crippen LogP contribution is -2.31. The first-order valence-corrected chi connectivity index (χ1v) is 6.71. The second-order valence-corrected chi connectivity index (χ2v) is 5.04. The highest BCUT2D eigenvalue weighted by atomic mass is 35.5. The molecule has 102 valence electrons. The van der Waals surface area contributed by atoms with E-state index < -0.39 is 12.1 Å². The summed E-state index contributed by atoms with van der Waals surface area (Å²) in [5.41, 5.74) is 0.590. The molecule has 0 saturated carbocycles. The average molecular weight is 302 g/mol. The fourth-order valence-corrected chi connectivity index (χ4v) is 2.34. The first-order valence-electron chi connectivity index (χ1n) is 5.95. The highest BCUT2D eigenvalue weighted by molar-refractivity contribution is 6.32. The van der Waals surface area contributed by atoms with Gasteiger partial charge in [0.2, 0.25) is 0 Å². The van der Waals surface area contributed by atoms with Gasteiger partial charge in [-0.2, -0.15) is 0 Å². The van der Waals surface area contributed by atoms with Gasteiger partial charge >= 0.3 is 6.03 Å². The smallest absolute Gasteiger partial charge is 0.325 e. The van der Waals surface area contributed by atoms with Crippen LogP contribution >= 0.6 is 23.2 Å². The summed E-state index contributed by atoms with van der Waals surface area (Å²) < 4.78 is 0. The molecule has 2 heterocycles. The summed E-state index contributed by atoms with van der Waals surface area (Å²) in [7, 11) is 0. The number of aromatic nitrogens is 1. The van der Waals surface area contributed by atoms with Gasteiger partial charge in [0.05, 0.1) is 6.54 Å². The van der Waals surface area contributed by atoms with E-state index in [-0.39, 0.29) is 22.8 Å². The SMILES string of the molecule is CCCC1NC(=O)N(Cc2ccc(Cl)nc2Cl)C1=O. The standard InChI is InChI=1S/C12H13Cl2N3O2/c1-2-3-8-11(18)17(12(19)15-8)6-7-4-5-9(13)16-10(7)14/h4-5,8H,2-3,6H2,1H3,(H,15,19). The number of nitrogens with one attached hydrogen (secondary N) is 1. The number of urea groups is 1. The molecule has 1 unspecified atom stereocenters. The highest BCUT2D eigenvalue weighted by Gasteiger charge is 2.37. The fourth-order valence-electron chi connectivity index (χ4n) is 1.94. The number of hydrogen-bond donors (Lipinski definition) is 1. The summed E-state index contributed by atoms with van der Waals surface area (Å²) in [5.74, 6) is -0.224. The summed E-state index contributed by atoms with van der Waals surface area (Å²) >= 11 is 11.6. The van der Waals surface area contributed by atoms with Crippen molar-refractivity contribution in [2.75, 3.05) is 0 Å². The molecule has 1 aromatic rings. The predicted molar refractivity (Wildman–Crippen MR) is 72.0 cm³/mol. The van der Waals surface area contributed by atoms with Crippen molar-refractivity contribution in [3.8, 4) is 0 Å². The normalized spacial score (nSPS) is 18.9. The van der Waals surface area contributed by atoms with Crippen LogP contribution in [0.25, 0.3) is 0 Å². The molecule has 5 nitrogen and oxygen atoms in total. The largest absolute Gasteiger partial charge is 0.326 e. The van der Waals surface area contributed by atoms with Gasteiger partial charge in [-0.05, 0) is 12.5 Å². The third-order valence-electron chi connectivity index (χ3n) is 2.90. The maximum Gasteiger partial charge on any atom is 0.325 e. The molecule has 1 atom stereocenters. The van der Waals surface area contributed by atoms with Crippen molar-refractivity contribution in [1.82, 2.24) is 15.2 Å². The molecule has 0 spiro atoms. The number of halogens is 2. The van der Waals surface area contributed by atoms with Gasteiger partial charge in [0.15, 0.2) is 0 Å². The Kier molecular flexibility index (Phi) is 4.27. The monoisotopic (exact) mass is 301 g/mol. The minimum absolute atomic E-state index is 0.105. The molecule has 0 bridgehead atoms. The second kappa shape index (κ2) is 5.75. The fraction of sp³-hybridized carbons (Fsp3) is 0.417. The van der Waals surface area contributed by atoms with Crippen molar-refractivity contribution >= 4 is 35.1 Å². The minimum atomic E-state index is -0.434. The summed E-state index contributed by atoms with van der Waals surface area (Å²) in [6.07, 6.45) is 1.46. The molecule has 0 radical (unpaired) electrons. The van der Waals surface area contributed by atoms with E-state index in [0.717, 1.165) is 11.3 Å². The Morgan fingerprint density at radius 2 is 2.11 bits per heavy atom. The molecule has 1 aromatic heterocycles. The van der Waals surface area contributed by atoms with Gasteiger partial charge in [-0.3, -0.25) is 9.69 Å². The van der Waals surface area contributed by atoms with Crippen molar-refractivity contribution in [3.63, 3.8) is 0 Å². The first-order chi connectivity index (χ1) is 9.02. The first kappa shape index (κ1) is 14.1. The van der Waals surface area contributed by atoms with Gasteiger partial charge in [0.25, 0.3) is 5.91 Å². The Labute approximate surface area is 120 Å². The quantitative estimate of drug-likeness (QED) is 0.687. The van der Waals surface area contributed by atoms with Crippen LogP contribution in [0.4, 0.5) is 4.79 Å². The van der Waals surface area contributed by atoms with Crippen molar-refractivity contribution in [2.24, 2.45) is 0 Å². The number of carbonyl (C=O) groups is 2. The average Bonchev–Trinajstić information content (AvgIpc) is 2.60. The minimum Gasteiger partial charge on any atom is -0.326 e. The lowest BCUT2D eigenvalue weighted by Gasteiger charge is -2.13. The Hall–Kier alpha value is -1.33. The number of carbonyl (C=O) groups excluding carboxylic acids is 2. The summed E-state index contributed by atoms with van der Waals surface area (Å²) in [4.78, 5) is 28.8. The molecule has 1 aliphatic heterocycles. The zero-order valence-corrected chi connectivity index (χ0v) is 11.8. The Balaban J connectivity index is 2.14. The van der Waals surface area contributed by atoms with Crippen LogP contribution in [0, 0.1) is 0 Å². The molecule has 2 rings (SSSR count). The Bertz CT molecular complexity index is 522. The topological polar surface area (TPSA) is 62.3 Å². The number of amides is 3. The van der Waals surface area contributed by atoms with E-state index in [1.54, 1.807) is 12.1 Å². The molecular weight excluding hydrogens is 289 g/mol. The van der Waals surface area contributed by atoms with Crippen LogP contribution in [0.5, 0.6) is 0 Å². The van der Waals surface area contributed by atoms with E-state index >= 15 is 0 Å². The zero-order chi connectivity index (χ0) is 14.0. The molecule has 1 saturated heterocycles. The van der Waals surface area contributed by atoms with Crippen LogP contribution in [-0.4, -0.2) is 27.9 Å². The van der Waals surface area contributed by atoms with Gasteiger partial charge in [-0.15, -0.1) is 0 Å². The Morgan fingerprint density at radius 3 is 2.74 bits per heavy atom. The number of pyridine rings is 1. The van der Waals surface area contributed by atoms with Crippen LogP contribution in [0.2, 0.25) is 10.3 Å². The van der Waals surface area contributed by atoms with E-state index in [0.29, 0.717) is 12.0 Å². The molecule has 7 heteroatoms. The van der Waals surface area contributed by atoms with E-state index in [4.69, 9.17) is 23.2 Å². The zero-order valence-electron chi connectivity index (χ0n) is 10.3. The number of imide groups is 1. The van der Waals surface area contributed by atoms with E-state index in [9.17, 15) is 9.59 Å². The van der Waals surface area contributed by atoms with Crippen LogP contribution < -0.4 is 5.32 Å². The van der Waals surface area contributed by atoms with Crippen molar-refractivity contribution in [3.05, 3.63) is 28.0 Å². The number of rotatable bonds is 4. The summed E-state index contributed by atoms with van der Waals surface area (Å²) in [6, 6.07) is 2.40. The highest BCUT2D eigenvalue weighted by Crippen LogP contribution is 2.21. The van der Waals surface area contributed by atoms with Crippen LogP contribution in [0.3, 0.4) is 0 Å². The summed E-state index contributed by atoms with van der Waals surface area (Å²) in [6.45, 7) is 2.07. The Morgan fingerprint density at radius 1 is 1.37 bits per heavy atom. The van der Waals surface area contributed by atoms with Crippen molar-refractivity contribution < 1.29 is 9.59 Å². The molecule has 1 aliphatic rings. The maximum atomic E-state index is 12.0. The molecule has 19 heavy (non-hydrogen) atoms. The van der Waals surface area contributed by atoms with E-state index in [1.807, 2.05) is 6.92 Å². The molecule has 1 N–H and O–H groups in total. The number of nitrogens with zero attached hydrogens (tertiary/aromatic N) is 2. The molecule has 0 aliphatic carbocycles. The molecule has 3 amide bonds. The van der Waals surface area contributed by atoms with Gasteiger partial charge in [-0.25, -0.2) is 9.78 Å². The molecule has 0 aromatic carbocycles. The number of hydrogen-bond acceptors (Lipinski definition) is 3. The lowest BCUT2D eigenvalue weighted by molar-refractivity contribution is -0.128. The van der Waals surface area contributed by atoms with E-state index in [1.165, 1.54) is 0 Å². The van der Waals surface area contributed by atoms with Crippen LogP contribution in [0.15, 0.2) is 12.1 Å². The van der Waals surface area contributed by atoms with Gasteiger partial charge in [0.1, 0.15) is 16.3 Å². The third-order valence-corrected chi connectivity index (χ3v) is 3.44. The van der Waals surface area contributed by atoms with Gasteiger partial charge in [-0.1, -0.05) is 42.6 Å². The van der Waals surface area contributed by atoms with Crippen LogP contribution in [0.1, 0.15) is 25.3 Å². The second-order valence-electron chi connectivity index (χ2n) is 4.30. The van der Waals surface area contributed by atoms with Crippen LogP contribution in [-0.2, 0) is 11.3 Å². The lowest BCUT2D eigenvalue weighted by atomic mass is 10.1. The predicted octanol–water partition coefficient (Wildman–Crippen LogP) is 2.61. The third kappa shape index (κ3) is 2.98. The molecular formula is C12H13Cl2N3O2. The van der Waals surface area contributed by atoms with Crippen molar-refractivity contribution in [2.45, 2.75) is 32.4 Å². The molecule has 1 fully saturated rings. The summed E-state index contributed by atoms with van der Waals surface area (Å²) in [5, 5.41) is 3.13. The van der Waals surface area contributed by atoms with Gasteiger partial charge < -0.3 is 5.32 Å². The van der Waals surface area contributed by atoms with Gasteiger partial charge in [0, 0.05) is 5.56 Å². The van der Waals surface area contributed by atoms with Crippen molar-refractivity contribution in [1.29, 1.82) is 0 Å². The maximum absolute atomic E-state index is 12.0.